The summed E-state index contributed by atoms with van der Waals surface area (Å²) in [6.07, 6.45) is 6.08. The van der Waals surface area contributed by atoms with Crippen molar-refractivity contribution in [2.75, 3.05) is 16.8 Å². The molecule has 4 rings (SSSR count). The molecule has 0 radical (unpaired) electrons. The first kappa shape index (κ1) is 22.0. The number of nitriles is 2. The molecule has 1 aliphatic heterocycles. The van der Waals surface area contributed by atoms with Crippen LogP contribution in [0, 0.1) is 29.6 Å². The van der Waals surface area contributed by atoms with Crippen LogP contribution in [0.25, 0.3) is 6.08 Å². The third-order valence-electron chi connectivity index (χ3n) is 5.98. The second-order valence-electron chi connectivity index (χ2n) is 8.01. The molecule has 1 aliphatic rings. The number of fused-ring (bicyclic) bond motifs is 1. The summed E-state index contributed by atoms with van der Waals surface area (Å²) < 4.78 is 0. The van der Waals surface area contributed by atoms with E-state index >= 15 is 0 Å². The summed E-state index contributed by atoms with van der Waals surface area (Å²) in [5.41, 5.74) is 8.38. The van der Waals surface area contributed by atoms with Crippen LogP contribution in [0.5, 0.6) is 0 Å². The smallest absolute Gasteiger partial charge is 0.229 e. The minimum Gasteiger partial charge on any atom is -0.325 e. The van der Waals surface area contributed by atoms with E-state index in [0.29, 0.717) is 11.5 Å². The molecule has 2 heterocycles. The Morgan fingerprint density at radius 2 is 1.76 bits per heavy atom. The molecule has 0 spiro atoms. The van der Waals surface area contributed by atoms with Gasteiger partial charge in [-0.3, -0.25) is 0 Å². The van der Waals surface area contributed by atoms with Crippen molar-refractivity contribution in [3.63, 3.8) is 0 Å². The molecule has 0 saturated carbocycles. The maximum Gasteiger partial charge on any atom is 0.229 e. The molecule has 0 atom stereocenters. The highest BCUT2D eigenvalue weighted by molar-refractivity contribution is 5.76. The van der Waals surface area contributed by atoms with Crippen molar-refractivity contribution < 1.29 is 0 Å². The molecule has 3 aromatic rings. The van der Waals surface area contributed by atoms with E-state index in [1.165, 1.54) is 28.5 Å². The molecular formula is C27H26N6. The highest BCUT2D eigenvalue weighted by Gasteiger charge is 2.28. The number of rotatable bonds is 6. The SMILES string of the molecule is CCc1cc(/C=C/C#N)cc(CC)c1N1CCc2c(C)nc(Nc3ccc(C#N)cc3)nc21. The minimum absolute atomic E-state index is 0.549. The van der Waals surface area contributed by atoms with Crippen LogP contribution in [0.1, 0.15) is 47.4 Å². The van der Waals surface area contributed by atoms with Crippen molar-refractivity contribution in [1.29, 1.82) is 10.5 Å². The summed E-state index contributed by atoms with van der Waals surface area (Å²) in [6, 6.07) is 15.8. The van der Waals surface area contributed by atoms with Crippen molar-refractivity contribution in [1.82, 2.24) is 9.97 Å². The molecule has 0 fully saturated rings. The molecule has 1 aromatic heterocycles. The Morgan fingerprint density at radius 3 is 2.36 bits per heavy atom. The fourth-order valence-electron chi connectivity index (χ4n) is 4.36. The van der Waals surface area contributed by atoms with Gasteiger partial charge < -0.3 is 10.2 Å². The normalized spacial score (nSPS) is 12.5. The van der Waals surface area contributed by atoms with E-state index in [1.54, 1.807) is 12.1 Å². The van der Waals surface area contributed by atoms with Crippen molar-refractivity contribution in [3.05, 3.63) is 76.0 Å². The Hall–Kier alpha value is -4.16. The van der Waals surface area contributed by atoms with Gasteiger partial charge in [0.25, 0.3) is 0 Å². The molecule has 6 nitrogen and oxygen atoms in total. The molecule has 0 amide bonds. The first-order valence-electron chi connectivity index (χ1n) is 11.2. The fourth-order valence-corrected chi connectivity index (χ4v) is 4.36. The largest absolute Gasteiger partial charge is 0.325 e. The maximum absolute atomic E-state index is 9.02. The molecule has 164 valence electrons. The van der Waals surface area contributed by atoms with Gasteiger partial charge in [0.2, 0.25) is 5.95 Å². The fraction of sp³-hybridized carbons (Fsp3) is 0.259. The monoisotopic (exact) mass is 434 g/mol. The summed E-state index contributed by atoms with van der Waals surface area (Å²) in [6.45, 7) is 7.22. The Balaban J connectivity index is 1.75. The molecule has 0 unspecified atom stereocenters. The molecule has 0 saturated heterocycles. The second kappa shape index (κ2) is 9.54. The van der Waals surface area contributed by atoms with E-state index in [0.717, 1.165) is 48.6 Å². The summed E-state index contributed by atoms with van der Waals surface area (Å²) in [4.78, 5) is 11.9. The third-order valence-corrected chi connectivity index (χ3v) is 5.98. The average Bonchev–Trinajstić information content (AvgIpc) is 3.26. The highest BCUT2D eigenvalue weighted by atomic mass is 15.3. The zero-order valence-electron chi connectivity index (χ0n) is 19.2. The van der Waals surface area contributed by atoms with Crippen molar-refractivity contribution in [2.45, 2.75) is 40.0 Å². The lowest BCUT2D eigenvalue weighted by Gasteiger charge is -2.26. The molecule has 33 heavy (non-hydrogen) atoms. The van der Waals surface area contributed by atoms with Crippen LogP contribution >= 0.6 is 0 Å². The summed E-state index contributed by atoms with van der Waals surface area (Å²) in [7, 11) is 0. The van der Waals surface area contributed by atoms with Crippen LogP contribution < -0.4 is 10.2 Å². The summed E-state index contributed by atoms with van der Waals surface area (Å²) >= 11 is 0. The van der Waals surface area contributed by atoms with Crippen LogP contribution in [-0.2, 0) is 19.3 Å². The molecule has 0 aliphatic carbocycles. The predicted octanol–water partition coefficient (Wildman–Crippen LogP) is 5.76. The van der Waals surface area contributed by atoms with Crippen LogP contribution in [0.15, 0.2) is 42.5 Å². The lowest BCUT2D eigenvalue weighted by molar-refractivity contribution is 0.951. The number of anilines is 4. The average molecular weight is 435 g/mol. The van der Waals surface area contributed by atoms with E-state index in [4.69, 9.17) is 20.5 Å². The Kier molecular flexibility index (Phi) is 6.38. The van der Waals surface area contributed by atoms with Crippen molar-refractivity contribution in [2.24, 2.45) is 0 Å². The van der Waals surface area contributed by atoms with Gasteiger partial charge in [0.1, 0.15) is 5.82 Å². The number of hydrogen-bond acceptors (Lipinski definition) is 6. The Bertz CT molecular complexity index is 1270. The summed E-state index contributed by atoms with van der Waals surface area (Å²) in [5, 5.41) is 21.2. The number of aryl methyl sites for hydroxylation is 3. The molecule has 6 heteroatoms. The van der Waals surface area contributed by atoms with Crippen LogP contribution in [-0.4, -0.2) is 16.5 Å². The Morgan fingerprint density at radius 1 is 1.06 bits per heavy atom. The van der Waals surface area contributed by atoms with Gasteiger partial charge in [-0.15, -0.1) is 0 Å². The summed E-state index contributed by atoms with van der Waals surface area (Å²) in [5.74, 6) is 1.50. The van der Waals surface area contributed by atoms with Crippen molar-refractivity contribution in [3.8, 4) is 12.1 Å². The molecule has 0 bridgehead atoms. The standard InChI is InChI=1S/C27H26N6/c1-4-21-15-20(7-6-13-28)16-22(5-2)25(21)33-14-12-24-18(3)30-27(32-26(24)33)31-23-10-8-19(17-29)9-11-23/h6-11,15-16H,4-5,12,14H2,1-3H3,(H,30,31,32)/b7-6+. The molecule has 2 aromatic carbocycles. The van der Waals surface area contributed by atoms with Gasteiger partial charge in [-0.05, 0) is 85.4 Å². The van der Waals surface area contributed by atoms with Gasteiger partial charge >= 0.3 is 0 Å². The van der Waals surface area contributed by atoms with Crippen LogP contribution in [0.4, 0.5) is 23.1 Å². The lowest BCUT2D eigenvalue weighted by atomic mass is 9.98. The quantitative estimate of drug-likeness (QED) is 0.497. The van der Waals surface area contributed by atoms with E-state index in [-0.39, 0.29) is 0 Å². The number of nitrogens with zero attached hydrogens (tertiary/aromatic N) is 5. The predicted molar refractivity (Wildman–Crippen MR) is 132 cm³/mol. The van der Waals surface area contributed by atoms with Gasteiger partial charge in [-0.1, -0.05) is 13.8 Å². The van der Waals surface area contributed by atoms with E-state index in [9.17, 15) is 0 Å². The van der Waals surface area contributed by atoms with Crippen LogP contribution in [0.2, 0.25) is 0 Å². The number of allylic oxidation sites excluding steroid dienone is 1. The van der Waals surface area contributed by atoms with Gasteiger partial charge in [0.05, 0.1) is 17.7 Å². The first-order chi connectivity index (χ1) is 16.1. The maximum atomic E-state index is 9.02. The van der Waals surface area contributed by atoms with Crippen LogP contribution in [0.3, 0.4) is 0 Å². The number of hydrogen-bond donors (Lipinski definition) is 1. The second-order valence-corrected chi connectivity index (χ2v) is 8.01. The van der Waals surface area contributed by atoms with Gasteiger partial charge in [0, 0.05) is 35.3 Å². The minimum atomic E-state index is 0.549. The van der Waals surface area contributed by atoms with Gasteiger partial charge in [0.15, 0.2) is 0 Å². The van der Waals surface area contributed by atoms with Gasteiger partial charge in [-0.2, -0.15) is 15.5 Å². The number of benzene rings is 2. The van der Waals surface area contributed by atoms with E-state index in [2.05, 4.69) is 48.3 Å². The Labute approximate surface area is 194 Å². The molecular weight excluding hydrogens is 408 g/mol. The first-order valence-corrected chi connectivity index (χ1v) is 11.2. The van der Waals surface area contributed by atoms with Gasteiger partial charge in [-0.25, -0.2) is 4.98 Å². The molecule has 1 N–H and O–H groups in total. The zero-order chi connectivity index (χ0) is 23.4. The number of nitrogens with one attached hydrogen (secondary N) is 1. The topological polar surface area (TPSA) is 88.6 Å². The van der Waals surface area contributed by atoms with E-state index < -0.39 is 0 Å². The zero-order valence-corrected chi connectivity index (χ0v) is 19.2. The van der Waals surface area contributed by atoms with Crippen molar-refractivity contribution >= 4 is 29.2 Å². The lowest BCUT2D eigenvalue weighted by Crippen LogP contribution is -2.19. The third kappa shape index (κ3) is 4.42. The van der Waals surface area contributed by atoms with E-state index in [1.807, 2.05) is 25.1 Å². The highest BCUT2D eigenvalue weighted by Crippen LogP contribution is 2.40. The number of aromatic nitrogens is 2.